The van der Waals surface area contributed by atoms with Crippen LogP contribution < -0.4 is 4.72 Å². The molecule has 0 spiro atoms. The van der Waals surface area contributed by atoms with Crippen molar-refractivity contribution in [1.82, 2.24) is 4.72 Å². The van der Waals surface area contributed by atoms with E-state index in [2.05, 4.69) is 20.7 Å². The molecule has 0 aliphatic heterocycles. The summed E-state index contributed by atoms with van der Waals surface area (Å²) >= 11 is 3.06. The van der Waals surface area contributed by atoms with Gasteiger partial charge in [0.05, 0.1) is 0 Å². The molecule has 3 nitrogen and oxygen atoms in total. The molecule has 2 aromatic rings. The minimum absolute atomic E-state index is 0.193. The Morgan fingerprint density at radius 2 is 1.76 bits per heavy atom. The van der Waals surface area contributed by atoms with Gasteiger partial charge in [0.2, 0.25) is 10.0 Å². The molecule has 0 aliphatic rings. The molecule has 7 heteroatoms. The molecule has 0 fully saturated rings. The van der Waals surface area contributed by atoms with Crippen LogP contribution in [0.4, 0.5) is 8.78 Å². The van der Waals surface area contributed by atoms with Crippen LogP contribution >= 0.6 is 15.9 Å². The number of rotatable bonds is 4. The van der Waals surface area contributed by atoms with E-state index < -0.39 is 32.6 Å². The molecule has 1 N–H and O–H groups in total. The van der Waals surface area contributed by atoms with E-state index in [1.165, 1.54) is 31.2 Å². The highest BCUT2D eigenvalue weighted by Gasteiger charge is 2.23. The van der Waals surface area contributed by atoms with Gasteiger partial charge in [-0.2, -0.15) is 0 Å². The molecule has 0 aromatic heterocycles. The zero-order chi connectivity index (χ0) is 15.6. The quantitative estimate of drug-likeness (QED) is 0.883. The second kappa shape index (κ2) is 6.21. The molecule has 0 saturated heterocycles. The average Bonchev–Trinajstić information content (AvgIpc) is 2.37. The maximum absolute atomic E-state index is 13.8. The van der Waals surface area contributed by atoms with E-state index in [-0.39, 0.29) is 5.56 Å². The molecule has 112 valence electrons. The predicted molar refractivity (Wildman–Crippen MR) is 79.2 cm³/mol. The molecular formula is C14H12BrF2NO2S. The SMILES string of the molecule is CC(NS(=O)(=O)c1ccc(Br)cc1F)c1ccccc1F. The van der Waals surface area contributed by atoms with Gasteiger partial charge in [0.25, 0.3) is 0 Å². The number of halogens is 3. The third-order valence-electron chi connectivity index (χ3n) is 2.89. The summed E-state index contributed by atoms with van der Waals surface area (Å²) in [6, 6.07) is 8.63. The topological polar surface area (TPSA) is 46.2 Å². The Morgan fingerprint density at radius 1 is 1.10 bits per heavy atom. The first kappa shape index (κ1) is 16.1. The molecular weight excluding hydrogens is 364 g/mol. The Morgan fingerprint density at radius 3 is 2.38 bits per heavy atom. The van der Waals surface area contributed by atoms with Crippen molar-refractivity contribution in [1.29, 1.82) is 0 Å². The Labute approximate surface area is 130 Å². The fourth-order valence-corrected chi connectivity index (χ4v) is 3.49. The standard InChI is InChI=1S/C14H12BrF2NO2S/c1-9(11-4-2-3-5-12(11)16)18-21(19,20)14-7-6-10(15)8-13(14)17/h2-9,18H,1H3. The summed E-state index contributed by atoms with van der Waals surface area (Å²) in [5.74, 6) is -1.40. The Hall–Kier alpha value is -1.31. The van der Waals surface area contributed by atoms with Crippen LogP contribution in [0.2, 0.25) is 0 Å². The lowest BCUT2D eigenvalue weighted by atomic mass is 10.1. The summed E-state index contributed by atoms with van der Waals surface area (Å²) in [7, 11) is -4.08. The minimum atomic E-state index is -4.08. The fourth-order valence-electron chi connectivity index (χ4n) is 1.88. The predicted octanol–water partition coefficient (Wildman–Crippen LogP) is 3.77. The van der Waals surface area contributed by atoms with E-state index in [0.29, 0.717) is 4.47 Å². The van der Waals surface area contributed by atoms with Gasteiger partial charge in [-0.25, -0.2) is 21.9 Å². The third-order valence-corrected chi connectivity index (χ3v) is 4.95. The molecule has 1 unspecified atom stereocenters. The van der Waals surface area contributed by atoms with Crippen molar-refractivity contribution in [3.8, 4) is 0 Å². The van der Waals surface area contributed by atoms with Gasteiger partial charge in [0.15, 0.2) is 0 Å². The van der Waals surface area contributed by atoms with Gasteiger partial charge in [-0.3, -0.25) is 0 Å². The highest BCUT2D eigenvalue weighted by atomic mass is 79.9. The molecule has 0 radical (unpaired) electrons. The Balaban J connectivity index is 2.31. The van der Waals surface area contributed by atoms with Gasteiger partial charge in [-0.05, 0) is 31.2 Å². The molecule has 0 aliphatic carbocycles. The first-order valence-corrected chi connectivity index (χ1v) is 8.30. The maximum atomic E-state index is 13.8. The van der Waals surface area contributed by atoms with E-state index in [1.807, 2.05) is 0 Å². The van der Waals surface area contributed by atoms with Gasteiger partial charge >= 0.3 is 0 Å². The molecule has 0 saturated carbocycles. The zero-order valence-corrected chi connectivity index (χ0v) is 13.4. The lowest BCUT2D eigenvalue weighted by Crippen LogP contribution is -2.28. The van der Waals surface area contributed by atoms with Gasteiger partial charge < -0.3 is 0 Å². The summed E-state index contributed by atoms with van der Waals surface area (Å²) in [5, 5.41) is 0. The molecule has 2 aromatic carbocycles. The number of nitrogens with one attached hydrogen (secondary N) is 1. The van der Waals surface area contributed by atoms with E-state index in [9.17, 15) is 17.2 Å². The molecule has 1 atom stereocenters. The minimum Gasteiger partial charge on any atom is -0.207 e. The second-order valence-corrected chi connectivity index (χ2v) is 7.04. The zero-order valence-electron chi connectivity index (χ0n) is 11.0. The normalized spacial score (nSPS) is 13.1. The number of sulfonamides is 1. The second-order valence-electron chi connectivity index (χ2n) is 4.44. The highest BCUT2D eigenvalue weighted by Crippen LogP contribution is 2.23. The van der Waals surface area contributed by atoms with Crippen LogP contribution in [0.15, 0.2) is 51.8 Å². The van der Waals surface area contributed by atoms with E-state index in [0.717, 1.165) is 12.1 Å². The molecule has 21 heavy (non-hydrogen) atoms. The summed E-state index contributed by atoms with van der Waals surface area (Å²) in [5.41, 5.74) is 0.193. The van der Waals surface area contributed by atoms with E-state index in [4.69, 9.17) is 0 Å². The first-order chi connectivity index (χ1) is 9.81. The van der Waals surface area contributed by atoms with Gasteiger partial charge in [0.1, 0.15) is 16.5 Å². The number of hydrogen-bond acceptors (Lipinski definition) is 2. The summed E-state index contributed by atoms with van der Waals surface area (Å²) < 4.78 is 54.4. The maximum Gasteiger partial charge on any atom is 0.244 e. The first-order valence-electron chi connectivity index (χ1n) is 6.03. The van der Waals surface area contributed by atoms with Gasteiger partial charge in [-0.15, -0.1) is 0 Å². The van der Waals surface area contributed by atoms with E-state index in [1.54, 1.807) is 6.07 Å². The molecule has 0 bridgehead atoms. The fraction of sp³-hybridized carbons (Fsp3) is 0.143. The van der Waals surface area contributed by atoms with Gasteiger partial charge in [0, 0.05) is 16.1 Å². The summed E-state index contributed by atoms with van der Waals surface area (Å²) in [6.45, 7) is 1.49. The van der Waals surface area contributed by atoms with Crippen LogP contribution in [-0.2, 0) is 10.0 Å². The highest BCUT2D eigenvalue weighted by molar-refractivity contribution is 9.10. The largest absolute Gasteiger partial charge is 0.244 e. The average molecular weight is 376 g/mol. The van der Waals surface area contributed by atoms with Crippen molar-refractivity contribution in [3.63, 3.8) is 0 Å². The van der Waals surface area contributed by atoms with Crippen molar-refractivity contribution < 1.29 is 17.2 Å². The van der Waals surface area contributed by atoms with Crippen LogP contribution in [-0.4, -0.2) is 8.42 Å². The Bertz CT molecular complexity index is 765. The summed E-state index contributed by atoms with van der Waals surface area (Å²) in [6.07, 6.45) is 0. The third kappa shape index (κ3) is 3.66. The Kier molecular flexibility index (Phi) is 4.75. The van der Waals surface area contributed by atoms with Crippen molar-refractivity contribution >= 4 is 26.0 Å². The summed E-state index contributed by atoms with van der Waals surface area (Å²) in [4.78, 5) is -0.478. The van der Waals surface area contributed by atoms with Crippen molar-refractivity contribution in [2.45, 2.75) is 17.9 Å². The van der Waals surface area contributed by atoms with Crippen LogP contribution in [0.5, 0.6) is 0 Å². The van der Waals surface area contributed by atoms with Crippen LogP contribution in [0, 0.1) is 11.6 Å². The van der Waals surface area contributed by atoms with Crippen LogP contribution in [0.25, 0.3) is 0 Å². The molecule has 2 rings (SSSR count). The smallest absolute Gasteiger partial charge is 0.207 e. The van der Waals surface area contributed by atoms with Crippen molar-refractivity contribution in [2.75, 3.05) is 0 Å². The van der Waals surface area contributed by atoms with Crippen molar-refractivity contribution in [3.05, 3.63) is 64.1 Å². The monoisotopic (exact) mass is 375 g/mol. The number of benzene rings is 2. The van der Waals surface area contributed by atoms with Gasteiger partial charge in [-0.1, -0.05) is 34.1 Å². The molecule has 0 amide bonds. The van der Waals surface area contributed by atoms with Crippen molar-refractivity contribution in [2.24, 2.45) is 0 Å². The van der Waals surface area contributed by atoms with Crippen LogP contribution in [0.1, 0.15) is 18.5 Å². The lowest BCUT2D eigenvalue weighted by molar-refractivity contribution is 0.537. The lowest BCUT2D eigenvalue weighted by Gasteiger charge is -2.15. The molecule has 0 heterocycles. The number of hydrogen-bond donors (Lipinski definition) is 1. The van der Waals surface area contributed by atoms with E-state index >= 15 is 0 Å². The van der Waals surface area contributed by atoms with Crippen LogP contribution in [0.3, 0.4) is 0 Å².